The Labute approximate surface area is 164 Å². The van der Waals surface area contributed by atoms with Gasteiger partial charge in [0.2, 0.25) is 0 Å². The quantitative estimate of drug-likeness (QED) is 0.597. The van der Waals surface area contributed by atoms with Crippen LogP contribution in [0.5, 0.6) is 0 Å². The number of hydrogen-bond acceptors (Lipinski definition) is 3. The Morgan fingerprint density at radius 1 is 1.19 bits per heavy atom. The van der Waals surface area contributed by atoms with Crippen LogP contribution < -0.4 is 5.32 Å². The molecule has 1 fully saturated rings. The molecule has 4 rings (SSSR count). The van der Waals surface area contributed by atoms with Gasteiger partial charge in [0.05, 0.1) is 4.91 Å². The Kier molecular flexibility index (Phi) is 4.53. The van der Waals surface area contributed by atoms with Gasteiger partial charge in [0.25, 0.3) is 5.91 Å². The number of aromatic nitrogens is 1. The Morgan fingerprint density at radius 3 is 2.73 bits per heavy atom. The Morgan fingerprint density at radius 2 is 2.00 bits per heavy atom. The number of nitrogens with zero attached hydrogens (tertiary/aromatic N) is 1. The minimum Gasteiger partial charge on any atom is -0.342 e. The van der Waals surface area contributed by atoms with E-state index in [2.05, 4.69) is 9.88 Å². The molecule has 1 saturated heterocycles. The molecule has 2 heterocycles. The summed E-state index contributed by atoms with van der Waals surface area (Å²) in [5.41, 5.74) is 2.94. The summed E-state index contributed by atoms with van der Waals surface area (Å²) in [4.78, 5) is 12.4. The minimum absolute atomic E-state index is 0.151. The van der Waals surface area contributed by atoms with E-state index in [4.69, 9.17) is 28.6 Å². The molecule has 0 bridgehead atoms. The van der Waals surface area contributed by atoms with E-state index in [1.54, 1.807) is 6.07 Å². The molecular weight excluding hydrogens is 389 g/mol. The molecule has 0 radical (unpaired) electrons. The van der Waals surface area contributed by atoms with Crippen LogP contribution in [0.25, 0.3) is 17.0 Å². The number of nitrogens with one attached hydrogen (secondary N) is 2. The highest BCUT2D eigenvalue weighted by Gasteiger charge is 2.23. The predicted molar refractivity (Wildman–Crippen MR) is 109 cm³/mol. The highest BCUT2D eigenvalue weighted by Crippen LogP contribution is 2.30. The molecular formula is C19H13Cl2N3OS. The van der Waals surface area contributed by atoms with Crippen molar-refractivity contribution in [3.05, 3.63) is 74.7 Å². The molecule has 0 saturated carbocycles. The van der Waals surface area contributed by atoms with Gasteiger partial charge in [-0.15, -0.1) is 0 Å². The normalized spacial score (nSPS) is 15.8. The van der Waals surface area contributed by atoms with Crippen molar-refractivity contribution in [3.8, 4) is 0 Å². The molecule has 7 heteroatoms. The zero-order valence-electron chi connectivity index (χ0n) is 13.4. The van der Waals surface area contributed by atoms with Gasteiger partial charge in [0.15, 0.2) is 5.17 Å². The van der Waals surface area contributed by atoms with E-state index < -0.39 is 0 Å². The number of halogens is 2. The molecule has 1 aliphatic rings. The number of hydrogen-bond donors (Lipinski definition) is 2. The maximum Gasteiger partial charge on any atom is 0.264 e. The topological polar surface area (TPSA) is 57.9 Å². The van der Waals surface area contributed by atoms with Gasteiger partial charge in [-0.05, 0) is 41.6 Å². The lowest BCUT2D eigenvalue weighted by atomic mass is 10.1. The van der Waals surface area contributed by atoms with E-state index in [1.165, 1.54) is 0 Å². The van der Waals surface area contributed by atoms with E-state index in [0.29, 0.717) is 21.5 Å². The summed E-state index contributed by atoms with van der Waals surface area (Å²) in [7, 11) is 0. The van der Waals surface area contributed by atoms with Gasteiger partial charge in [0.1, 0.15) is 0 Å². The molecule has 26 heavy (non-hydrogen) atoms. The molecule has 0 spiro atoms. The number of amidine groups is 1. The first-order chi connectivity index (χ1) is 12.5. The molecule has 1 aliphatic heterocycles. The Hall–Kier alpha value is -2.21. The molecule has 0 unspecified atom stereocenters. The van der Waals surface area contributed by atoms with Crippen molar-refractivity contribution >= 4 is 63.0 Å². The third-order valence-electron chi connectivity index (χ3n) is 4.12. The second-order valence-electron chi connectivity index (χ2n) is 5.86. The van der Waals surface area contributed by atoms with Gasteiger partial charge in [-0.2, -0.15) is 0 Å². The lowest BCUT2D eigenvalue weighted by Crippen LogP contribution is -2.18. The monoisotopic (exact) mass is 401 g/mol. The number of amides is 1. The maximum atomic E-state index is 11.9. The number of carbonyl (C=O) groups excluding carboxylic acids is 1. The zero-order chi connectivity index (χ0) is 18.3. The maximum absolute atomic E-state index is 11.9. The highest BCUT2D eigenvalue weighted by atomic mass is 35.5. The van der Waals surface area contributed by atoms with Crippen molar-refractivity contribution in [1.82, 2.24) is 9.88 Å². The van der Waals surface area contributed by atoms with Crippen molar-refractivity contribution in [2.45, 2.75) is 6.54 Å². The van der Waals surface area contributed by atoms with Crippen LogP contribution in [0.3, 0.4) is 0 Å². The van der Waals surface area contributed by atoms with Gasteiger partial charge in [0, 0.05) is 39.3 Å². The summed E-state index contributed by atoms with van der Waals surface area (Å²) in [6, 6.07) is 13.5. The van der Waals surface area contributed by atoms with Gasteiger partial charge < -0.3 is 9.88 Å². The fourth-order valence-corrected chi connectivity index (χ4v) is 4.10. The first-order valence-electron chi connectivity index (χ1n) is 7.82. The van der Waals surface area contributed by atoms with Crippen LogP contribution in [0, 0.1) is 5.41 Å². The van der Waals surface area contributed by atoms with Gasteiger partial charge in [-0.3, -0.25) is 10.2 Å². The molecule has 3 aromatic rings. The predicted octanol–water partition coefficient (Wildman–Crippen LogP) is 5.14. The van der Waals surface area contributed by atoms with E-state index >= 15 is 0 Å². The average Bonchev–Trinajstić information content (AvgIpc) is 3.11. The number of carbonyl (C=O) groups is 1. The zero-order valence-corrected chi connectivity index (χ0v) is 15.8. The fraction of sp³-hybridized carbons (Fsp3) is 0.0526. The van der Waals surface area contributed by atoms with Crippen molar-refractivity contribution < 1.29 is 4.79 Å². The van der Waals surface area contributed by atoms with Crippen LogP contribution in [-0.4, -0.2) is 15.6 Å². The highest BCUT2D eigenvalue weighted by molar-refractivity contribution is 8.18. The summed E-state index contributed by atoms with van der Waals surface area (Å²) in [5.74, 6) is -0.238. The fourth-order valence-electron chi connectivity index (χ4n) is 2.94. The van der Waals surface area contributed by atoms with E-state index in [1.807, 2.05) is 48.7 Å². The third-order valence-corrected chi connectivity index (χ3v) is 5.54. The third kappa shape index (κ3) is 3.26. The van der Waals surface area contributed by atoms with E-state index in [0.717, 1.165) is 33.8 Å². The van der Waals surface area contributed by atoms with E-state index in [9.17, 15) is 4.79 Å². The smallest absolute Gasteiger partial charge is 0.264 e. The number of benzene rings is 2. The van der Waals surface area contributed by atoms with Crippen LogP contribution in [0.15, 0.2) is 53.6 Å². The molecule has 1 amide bonds. The van der Waals surface area contributed by atoms with Gasteiger partial charge >= 0.3 is 0 Å². The van der Waals surface area contributed by atoms with Crippen molar-refractivity contribution in [2.75, 3.05) is 0 Å². The summed E-state index contributed by atoms with van der Waals surface area (Å²) in [5, 5.41) is 12.5. The molecule has 1 aromatic heterocycles. The second-order valence-corrected chi connectivity index (χ2v) is 7.75. The Balaban J connectivity index is 1.78. The van der Waals surface area contributed by atoms with Crippen LogP contribution in [-0.2, 0) is 11.3 Å². The summed E-state index contributed by atoms with van der Waals surface area (Å²) >= 11 is 13.4. The second kappa shape index (κ2) is 6.83. The van der Waals surface area contributed by atoms with Crippen molar-refractivity contribution in [3.63, 3.8) is 0 Å². The molecule has 0 atom stereocenters. The first kappa shape index (κ1) is 17.2. The van der Waals surface area contributed by atoms with Crippen LogP contribution in [0.1, 0.15) is 11.1 Å². The molecule has 130 valence electrons. The number of para-hydroxylation sites is 1. The van der Waals surface area contributed by atoms with E-state index in [-0.39, 0.29) is 11.1 Å². The minimum atomic E-state index is -0.238. The molecule has 0 aliphatic carbocycles. The van der Waals surface area contributed by atoms with Crippen molar-refractivity contribution in [1.29, 1.82) is 5.41 Å². The molecule has 2 aromatic carbocycles. The van der Waals surface area contributed by atoms with Crippen LogP contribution >= 0.6 is 35.0 Å². The first-order valence-corrected chi connectivity index (χ1v) is 9.40. The number of fused-ring (bicyclic) bond motifs is 1. The summed E-state index contributed by atoms with van der Waals surface area (Å²) < 4.78 is 2.10. The van der Waals surface area contributed by atoms with Gasteiger partial charge in [-0.25, -0.2) is 0 Å². The molecule has 4 nitrogen and oxygen atoms in total. The standard InChI is InChI=1S/C19H13Cl2N3OS/c20-13-6-5-11(15(21)8-13)9-24-10-12(14-3-1-2-4-16(14)24)7-17-18(25)23-19(22)26-17/h1-8,10H,9H2,(H2,22,23,25). The lowest BCUT2D eigenvalue weighted by Gasteiger charge is -2.08. The SMILES string of the molecule is N=C1NC(=O)C(=Cc2cn(Cc3ccc(Cl)cc3Cl)c3ccccc23)S1. The Bertz CT molecular complexity index is 1090. The van der Waals surface area contributed by atoms with Crippen molar-refractivity contribution in [2.24, 2.45) is 0 Å². The lowest BCUT2D eigenvalue weighted by molar-refractivity contribution is -0.115. The largest absolute Gasteiger partial charge is 0.342 e. The summed E-state index contributed by atoms with van der Waals surface area (Å²) in [6.07, 6.45) is 3.82. The number of thioether (sulfide) groups is 1. The number of rotatable bonds is 3. The van der Waals surface area contributed by atoms with Crippen LogP contribution in [0.4, 0.5) is 0 Å². The summed E-state index contributed by atoms with van der Waals surface area (Å²) in [6.45, 7) is 0.592. The molecule has 2 N–H and O–H groups in total. The van der Waals surface area contributed by atoms with Crippen LogP contribution in [0.2, 0.25) is 10.0 Å². The average molecular weight is 402 g/mol. The van der Waals surface area contributed by atoms with Gasteiger partial charge in [-0.1, -0.05) is 47.5 Å².